The predicted octanol–water partition coefficient (Wildman–Crippen LogP) is 3.97. The minimum atomic E-state index is -4.56. The number of anilines is 1. The first-order chi connectivity index (χ1) is 18.2. The van der Waals surface area contributed by atoms with Gasteiger partial charge in [0.15, 0.2) is 0 Å². The van der Waals surface area contributed by atoms with Crippen LogP contribution in [0.5, 0.6) is 0 Å². The number of urea groups is 1. The normalized spacial score (nSPS) is 17.3. The van der Waals surface area contributed by atoms with Crippen LogP contribution in [-0.4, -0.2) is 64.4 Å². The Kier molecular flexibility index (Phi) is 9.38. The molecular formula is C26H32F3N5O5. The van der Waals surface area contributed by atoms with Crippen LogP contribution in [0.25, 0.3) is 0 Å². The molecule has 39 heavy (non-hydrogen) atoms. The molecule has 1 aliphatic rings. The molecular weight excluding hydrogens is 519 g/mol. The number of hydrogen-bond donors (Lipinski definition) is 3. The van der Waals surface area contributed by atoms with Gasteiger partial charge in [0, 0.05) is 12.7 Å². The Morgan fingerprint density at radius 2 is 1.85 bits per heavy atom. The zero-order valence-corrected chi connectivity index (χ0v) is 22.0. The quantitative estimate of drug-likeness (QED) is 0.434. The highest BCUT2D eigenvalue weighted by Crippen LogP contribution is 2.25. The maximum absolute atomic E-state index is 13.2. The van der Waals surface area contributed by atoms with Crippen LogP contribution in [0.1, 0.15) is 38.8 Å². The van der Waals surface area contributed by atoms with Crippen LogP contribution in [-0.2, 0) is 27.4 Å². The highest BCUT2D eigenvalue weighted by atomic mass is 19.4. The number of ether oxygens (including phenoxy) is 2. The van der Waals surface area contributed by atoms with E-state index < -0.39 is 54.5 Å². The second-order valence-corrected chi connectivity index (χ2v) is 10.1. The van der Waals surface area contributed by atoms with Crippen molar-refractivity contribution in [3.8, 4) is 0 Å². The summed E-state index contributed by atoms with van der Waals surface area (Å²) in [6.45, 7) is 6.36. The fraction of sp³-hybridized carbons (Fsp3) is 0.462. The maximum Gasteiger partial charge on any atom is 0.410 e. The van der Waals surface area contributed by atoms with Crippen LogP contribution in [0.15, 0.2) is 48.7 Å². The fourth-order valence-corrected chi connectivity index (χ4v) is 3.89. The Bertz CT molecular complexity index is 1160. The number of alkyl halides is 3. The number of carbonyl (C=O) groups excluding carboxylic acids is 3. The number of rotatable bonds is 9. The van der Waals surface area contributed by atoms with Gasteiger partial charge >= 0.3 is 18.3 Å². The Morgan fingerprint density at radius 1 is 1.15 bits per heavy atom. The van der Waals surface area contributed by atoms with E-state index in [1.165, 1.54) is 18.3 Å². The molecule has 212 valence electrons. The zero-order chi connectivity index (χ0) is 28.8. The second-order valence-electron chi connectivity index (χ2n) is 10.1. The highest BCUT2D eigenvalue weighted by Gasteiger charge is 2.46. The maximum atomic E-state index is 13.2. The van der Waals surface area contributed by atoms with Gasteiger partial charge in [-0.15, -0.1) is 0 Å². The molecule has 1 saturated heterocycles. The molecule has 1 fully saturated rings. The van der Waals surface area contributed by atoms with Crippen LogP contribution < -0.4 is 16.0 Å². The van der Waals surface area contributed by atoms with Crippen LogP contribution >= 0.6 is 0 Å². The van der Waals surface area contributed by atoms with Crippen LogP contribution in [0, 0.1) is 0 Å². The second kappa shape index (κ2) is 12.3. The highest BCUT2D eigenvalue weighted by molar-refractivity contribution is 5.96. The molecule has 3 N–H and O–H groups in total. The van der Waals surface area contributed by atoms with Gasteiger partial charge in [-0.25, -0.2) is 14.6 Å². The van der Waals surface area contributed by atoms with E-state index in [9.17, 15) is 27.6 Å². The summed E-state index contributed by atoms with van der Waals surface area (Å²) in [5.41, 5.74) is 0.585. The zero-order valence-electron chi connectivity index (χ0n) is 22.0. The van der Waals surface area contributed by atoms with E-state index in [-0.39, 0.29) is 19.0 Å². The van der Waals surface area contributed by atoms with E-state index in [0.29, 0.717) is 5.56 Å². The van der Waals surface area contributed by atoms with Crippen molar-refractivity contribution in [3.63, 3.8) is 0 Å². The standard InChI is InChI=1S/C26H32F3N5O5/c1-16(39-25(2,3)4)21(33-24(37)38-15-17-8-6-5-7-9-17)22(35)32-20-12-18(10-11-30-20)13-34-14-19(26(27,28)29)31-23(34)36/h5-12,16,19,21H,13-15H2,1-4H3,(H,31,36)(H,33,37)(H,30,32,35)/t16-,19-,21-/m0/s1. The third kappa shape index (κ3) is 9.13. The third-order valence-electron chi connectivity index (χ3n) is 5.61. The molecule has 1 aromatic carbocycles. The molecule has 10 nitrogen and oxygen atoms in total. The van der Waals surface area contributed by atoms with Crippen molar-refractivity contribution in [2.75, 3.05) is 11.9 Å². The lowest BCUT2D eigenvalue weighted by molar-refractivity contribution is -0.149. The van der Waals surface area contributed by atoms with E-state index in [1.54, 1.807) is 52.0 Å². The summed E-state index contributed by atoms with van der Waals surface area (Å²) in [6.07, 6.45) is -4.81. The number of benzene rings is 1. The molecule has 3 rings (SSSR count). The molecule has 1 aliphatic heterocycles. The Hall–Kier alpha value is -3.87. The number of aromatic nitrogens is 1. The van der Waals surface area contributed by atoms with Crippen molar-refractivity contribution in [1.29, 1.82) is 0 Å². The van der Waals surface area contributed by atoms with E-state index in [0.717, 1.165) is 10.5 Å². The first-order valence-electron chi connectivity index (χ1n) is 12.2. The van der Waals surface area contributed by atoms with Crippen LogP contribution in [0.4, 0.5) is 28.6 Å². The molecule has 0 aliphatic carbocycles. The fourth-order valence-electron chi connectivity index (χ4n) is 3.89. The lowest BCUT2D eigenvalue weighted by atomic mass is 10.1. The summed E-state index contributed by atoms with van der Waals surface area (Å²) in [7, 11) is 0. The largest absolute Gasteiger partial charge is 0.445 e. The molecule has 0 unspecified atom stereocenters. The van der Waals surface area contributed by atoms with Gasteiger partial charge < -0.3 is 30.3 Å². The lowest BCUT2D eigenvalue weighted by Gasteiger charge is -2.30. The van der Waals surface area contributed by atoms with E-state index >= 15 is 0 Å². The SMILES string of the molecule is C[C@H](OC(C)(C)C)[C@H](NC(=O)OCc1ccccc1)C(=O)Nc1cc(CN2C[C@@H](C(F)(F)F)NC2=O)ccn1. The van der Waals surface area contributed by atoms with Gasteiger partial charge in [0.25, 0.3) is 5.91 Å². The number of alkyl carbamates (subject to hydrolysis) is 1. The molecule has 0 bridgehead atoms. The molecule has 0 saturated carbocycles. The average Bonchev–Trinajstić information content (AvgIpc) is 3.21. The first kappa shape index (κ1) is 29.7. The van der Waals surface area contributed by atoms with Crippen molar-refractivity contribution < 1.29 is 37.0 Å². The van der Waals surface area contributed by atoms with E-state index in [1.807, 2.05) is 11.4 Å². The van der Waals surface area contributed by atoms with Gasteiger partial charge in [0.2, 0.25) is 0 Å². The van der Waals surface area contributed by atoms with Gasteiger partial charge in [0.1, 0.15) is 24.5 Å². The number of nitrogens with one attached hydrogen (secondary N) is 3. The van der Waals surface area contributed by atoms with Gasteiger partial charge in [-0.1, -0.05) is 30.3 Å². The molecule has 0 spiro atoms. The Morgan fingerprint density at radius 3 is 2.46 bits per heavy atom. The minimum Gasteiger partial charge on any atom is -0.445 e. The summed E-state index contributed by atoms with van der Waals surface area (Å²) in [5.74, 6) is -0.569. The first-order valence-corrected chi connectivity index (χ1v) is 12.2. The van der Waals surface area contributed by atoms with Crippen molar-refractivity contribution >= 4 is 23.8 Å². The van der Waals surface area contributed by atoms with E-state index in [4.69, 9.17) is 9.47 Å². The van der Waals surface area contributed by atoms with Crippen molar-refractivity contribution in [3.05, 3.63) is 59.8 Å². The number of hydrogen-bond acceptors (Lipinski definition) is 6. The van der Waals surface area contributed by atoms with E-state index in [2.05, 4.69) is 15.6 Å². The van der Waals surface area contributed by atoms with Gasteiger partial charge in [0.05, 0.1) is 18.2 Å². The smallest absolute Gasteiger partial charge is 0.410 e. The van der Waals surface area contributed by atoms with Crippen molar-refractivity contribution in [2.45, 2.75) is 70.8 Å². The van der Waals surface area contributed by atoms with Crippen LogP contribution in [0.3, 0.4) is 0 Å². The molecule has 4 amide bonds. The summed E-state index contributed by atoms with van der Waals surface area (Å²) in [5, 5.41) is 7.04. The summed E-state index contributed by atoms with van der Waals surface area (Å²) < 4.78 is 50.1. The van der Waals surface area contributed by atoms with Gasteiger partial charge in [-0.2, -0.15) is 13.2 Å². The number of halogens is 3. The number of nitrogens with zero attached hydrogens (tertiary/aromatic N) is 2. The molecule has 3 atom stereocenters. The Balaban J connectivity index is 1.67. The molecule has 13 heteroatoms. The molecule has 1 aromatic heterocycles. The number of pyridine rings is 1. The predicted molar refractivity (Wildman–Crippen MR) is 136 cm³/mol. The average molecular weight is 552 g/mol. The molecule has 2 aromatic rings. The lowest BCUT2D eigenvalue weighted by Crippen LogP contribution is -2.52. The van der Waals surface area contributed by atoms with Crippen molar-refractivity contribution in [1.82, 2.24) is 20.5 Å². The summed E-state index contributed by atoms with van der Waals surface area (Å²) in [6, 6.07) is 8.00. The van der Waals surface area contributed by atoms with Gasteiger partial charge in [-0.05, 0) is 51.0 Å². The third-order valence-corrected chi connectivity index (χ3v) is 5.61. The minimum absolute atomic E-state index is 0.00159. The summed E-state index contributed by atoms with van der Waals surface area (Å²) in [4.78, 5) is 42.8. The molecule has 2 heterocycles. The van der Waals surface area contributed by atoms with Crippen molar-refractivity contribution in [2.24, 2.45) is 0 Å². The van der Waals surface area contributed by atoms with Gasteiger partial charge in [-0.3, -0.25) is 4.79 Å². The number of carbonyl (C=O) groups is 3. The van der Waals surface area contributed by atoms with Crippen LogP contribution in [0.2, 0.25) is 0 Å². The topological polar surface area (TPSA) is 122 Å². The summed E-state index contributed by atoms with van der Waals surface area (Å²) >= 11 is 0. The monoisotopic (exact) mass is 551 g/mol. The Labute approximate surface area is 224 Å². The number of amides is 4. The molecule has 0 radical (unpaired) electrons.